The van der Waals surface area contributed by atoms with Crippen molar-refractivity contribution in [3.63, 3.8) is 0 Å². The maximum absolute atomic E-state index is 5.89. The molecule has 0 aliphatic carbocycles. The van der Waals surface area contributed by atoms with E-state index in [2.05, 4.69) is 22.0 Å². The molecule has 2 nitrogen and oxygen atoms in total. The van der Waals surface area contributed by atoms with Gasteiger partial charge in [-0.25, -0.2) is 0 Å². The first-order valence-corrected chi connectivity index (χ1v) is 6.63. The lowest BCUT2D eigenvalue weighted by molar-refractivity contribution is 0.475. The van der Waals surface area contributed by atoms with E-state index in [4.69, 9.17) is 10.5 Å². The predicted molar refractivity (Wildman–Crippen MR) is 78.0 cm³/mol. The molecule has 0 aromatic heterocycles. The van der Waals surface area contributed by atoms with Crippen LogP contribution in [0, 0.1) is 13.8 Å². The third-order valence-corrected chi connectivity index (χ3v) is 3.68. The van der Waals surface area contributed by atoms with Crippen molar-refractivity contribution >= 4 is 15.9 Å². The number of hydrogen-bond donors (Lipinski definition) is 1. The third-order valence-electron chi connectivity index (χ3n) is 2.79. The fraction of sp³-hybridized carbons (Fsp3) is 0.200. The van der Waals surface area contributed by atoms with Gasteiger partial charge in [-0.05, 0) is 43.7 Å². The Labute approximate surface area is 116 Å². The van der Waals surface area contributed by atoms with Crippen molar-refractivity contribution in [3.05, 3.63) is 57.6 Å². The summed E-state index contributed by atoms with van der Waals surface area (Å²) in [5, 5.41) is 0. The summed E-state index contributed by atoms with van der Waals surface area (Å²) < 4.78 is 6.97. The van der Waals surface area contributed by atoms with Crippen LogP contribution in [0.3, 0.4) is 0 Å². The zero-order chi connectivity index (χ0) is 13.1. The molecule has 2 aromatic rings. The second-order valence-corrected chi connectivity index (χ2v) is 5.18. The Morgan fingerprint density at radius 3 is 2.56 bits per heavy atom. The maximum atomic E-state index is 5.89. The molecule has 2 rings (SSSR count). The standard InChI is InChI=1S/C15H16BrNO/c1-10-3-6-15(12(7-10)9-17)18-13-4-5-14(16)11(2)8-13/h3-8H,9,17H2,1-2H3. The van der Waals surface area contributed by atoms with Crippen molar-refractivity contribution in [2.24, 2.45) is 5.73 Å². The lowest BCUT2D eigenvalue weighted by Crippen LogP contribution is -2.00. The molecular weight excluding hydrogens is 290 g/mol. The van der Waals surface area contributed by atoms with Gasteiger partial charge >= 0.3 is 0 Å². The molecule has 0 unspecified atom stereocenters. The average Bonchev–Trinajstić information content (AvgIpc) is 2.36. The number of hydrogen-bond acceptors (Lipinski definition) is 2. The number of halogens is 1. The molecule has 3 heteroatoms. The largest absolute Gasteiger partial charge is 0.457 e. The van der Waals surface area contributed by atoms with Crippen LogP contribution >= 0.6 is 15.9 Å². The number of benzene rings is 2. The number of aryl methyl sites for hydroxylation is 2. The predicted octanol–water partition coefficient (Wildman–Crippen LogP) is 4.32. The molecule has 94 valence electrons. The molecule has 0 bridgehead atoms. The molecule has 2 aromatic carbocycles. The molecule has 2 N–H and O–H groups in total. The van der Waals surface area contributed by atoms with Crippen LogP contribution in [0.25, 0.3) is 0 Å². The maximum Gasteiger partial charge on any atom is 0.131 e. The fourth-order valence-corrected chi connectivity index (χ4v) is 2.02. The van der Waals surface area contributed by atoms with Crippen LogP contribution in [0.2, 0.25) is 0 Å². The highest BCUT2D eigenvalue weighted by Gasteiger charge is 2.05. The van der Waals surface area contributed by atoms with Gasteiger partial charge in [-0.15, -0.1) is 0 Å². The van der Waals surface area contributed by atoms with E-state index >= 15 is 0 Å². The van der Waals surface area contributed by atoms with Gasteiger partial charge in [-0.1, -0.05) is 33.6 Å². The smallest absolute Gasteiger partial charge is 0.131 e. The molecule has 0 amide bonds. The van der Waals surface area contributed by atoms with E-state index in [9.17, 15) is 0 Å². The summed E-state index contributed by atoms with van der Waals surface area (Å²) in [6.45, 7) is 4.56. The van der Waals surface area contributed by atoms with Crippen molar-refractivity contribution < 1.29 is 4.74 Å². The van der Waals surface area contributed by atoms with Crippen molar-refractivity contribution in [1.82, 2.24) is 0 Å². The molecule has 0 saturated carbocycles. The Hall–Kier alpha value is -1.32. The highest BCUT2D eigenvalue weighted by Crippen LogP contribution is 2.28. The van der Waals surface area contributed by atoms with Gasteiger partial charge in [-0.2, -0.15) is 0 Å². The van der Waals surface area contributed by atoms with E-state index < -0.39 is 0 Å². The van der Waals surface area contributed by atoms with Gasteiger partial charge in [0, 0.05) is 16.6 Å². The first kappa shape index (κ1) is 13.1. The minimum atomic E-state index is 0.479. The summed E-state index contributed by atoms with van der Waals surface area (Å²) in [4.78, 5) is 0. The molecule has 0 heterocycles. The monoisotopic (exact) mass is 305 g/mol. The summed E-state index contributed by atoms with van der Waals surface area (Å²) in [7, 11) is 0. The Morgan fingerprint density at radius 1 is 1.11 bits per heavy atom. The van der Waals surface area contributed by atoms with Gasteiger partial charge < -0.3 is 10.5 Å². The Morgan fingerprint density at radius 2 is 1.89 bits per heavy atom. The highest BCUT2D eigenvalue weighted by atomic mass is 79.9. The van der Waals surface area contributed by atoms with Crippen LogP contribution in [-0.4, -0.2) is 0 Å². The van der Waals surface area contributed by atoms with E-state index in [1.54, 1.807) is 0 Å². The zero-order valence-electron chi connectivity index (χ0n) is 10.5. The Balaban J connectivity index is 2.30. The van der Waals surface area contributed by atoms with E-state index in [1.807, 2.05) is 44.2 Å². The lowest BCUT2D eigenvalue weighted by Gasteiger charge is -2.11. The van der Waals surface area contributed by atoms with E-state index in [1.165, 1.54) is 5.56 Å². The van der Waals surface area contributed by atoms with Crippen LogP contribution in [0.15, 0.2) is 40.9 Å². The van der Waals surface area contributed by atoms with Crippen LogP contribution in [0.4, 0.5) is 0 Å². The second kappa shape index (κ2) is 5.55. The summed E-state index contributed by atoms with van der Waals surface area (Å²) in [6.07, 6.45) is 0. The average molecular weight is 306 g/mol. The molecule has 0 atom stereocenters. The van der Waals surface area contributed by atoms with Crippen LogP contribution < -0.4 is 10.5 Å². The highest BCUT2D eigenvalue weighted by molar-refractivity contribution is 9.10. The zero-order valence-corrected chi connectivity index (χ0v) is 12.1. The van der Waals surface area contributed by atoms with Crippen molar-refractivity contribution in [2.75, 3.05) is 0 Å². The van der Waals surface area contributed by atoms with E-state index in [0.29, 0.717) is 6.54 Å². The lowest BCUT2D eigenvalue weighted by atomic mass is 10.1. The first-order chi connectivity index (χ1) is 8.60. The minimum absolute atomic E-state index is 0.479. The van der Waals surface area contributed by atoms with Crippen molar-refractivity contribution in [1.29, 1.82) is 0 Å². The second-order valence-electron chi connectivity index (χ2n) is 4.33. The first-order valence-electron chi connectivity index (χ1n) is 5.84. The van der Waals surface area contributed by atoms with Gasteiger partial charge in [0.2, 0.25) is 0 Å². The van der Waals surface area contributed by atoms with Gasteiger partial charge in [0.15, 0.2) is 0 Å². The number of nitrogens with two attached hydrogens (primary N) is 1. The summed E-state index contributed by atoms with van der Waals surface area (Å²) >= 11 is 3.48. The van der Waals surface area contributed by atoms with Crippen molar-refractivity contribution in [3.8, 4) is 11.5 Å². The molecule has 0 fully saturated rings. The topological polar surface area (TPSA) is 35.2 Å². The quantitative estimate of drug-likeness (QED) is 0.916. The summed E-state index contributed by atoms with van der Waals surface area (Å²) in [6, 6.07) is 12.0. The molecule has 0 saturated heterocycles. The molecule has 0 radical (unpaired) electrons. The van der Waals surface area contributed by atoms with E-state index in [-0.39, 0.29) is 0 Å². The Kier molecular flexibility index (Phi) is 4.04. The molecule has 0 spiro atoms. The van der Waals surface area contributed by atoms with Crippen molar-refractivity contribution in [2.45, 2.75) is 20.4 Å². The fourth-order valence-electron chi connectivity index (χ4n) is 1.77. The molecular formula is C15H16BrNO. The van der Waals surface area contributed by atoms with Crippen LogP contribution in [0.1, 0.15) is 16.7 Å². The van der Waals surface area contributed by atoms with Gasteiger partial charge in [0.1, 0.15) is 11.5 Å². The van der Waals surface area contributed by atoms with E-state index in [0.717, 1.165) is 27.1 Å². The molecule has 18 heavy (non-hydrogen) atoms. The normalized spacial score (nSPS) is 10.4. The van der Waals surface area contributed by atoms with Gasteiger partial charge in [0.25, 0.3) is 0 Å². The number of rotatable bonds is 3. The SMILES string of the molecule is Cc1ccc(Oc2ccc(Br)c(C)c2)c(CN)c1. The molecule has 0 aliphatic rings. The minimum Gasteiger partial charge on any atom is -0.457 e. The van der Waals surface area contributed by atoms with Gasteiger partial charge in [0.05, 0.1) is 0 Å². The van der Waals surface area contributed by atoms with Gasteiger partial charge in [-0.3, -0.25) is 0 Å². The Bertz CT molecular complexity index is 566. The summed E-state index contributed by atoms with van der Waals surface area (Å²) in [5.41, 5.74) is 9.10. The molecule has 0 aliphatic heterocycles. The number of ether oxygens (including phenoxy) is 1. The van der Waals surface area contributed by atoms with Crippen LogP contribution in [0.5, 0.6) is 11.5 Å². The van der Waals surface area contributed by atoms with Crippen LogP contribution in [-0.2, 0) is 6.54 Å². The third kappa shape index (κ3) is 2.92. The summed E-state index contributed by atoms with van der Waals surface area (Å²) in [5.74, 6) is 1.65.